The van der Waals surface area contributed by atoms with E-state index in [9.17, 15) is 14.7 Å². The van der Waals surface area contributed by atoms with Crippen LogP contribution < -0.4 is 5.43 Å². The summed E-state index contributed by atoms with van der Waals surface area (Å²) >= 11 is 0. The van der Waals surface area contributed by atoms with Crippen LogP contribution >= 0.6 is 0 Å². The van der Waals surface area contributed by atoms with Crippen LogP contribution in [-0.4, -0.2) is 45.8 Å². The third kappa shape index (κ3) is 3.12. The number of aliphatic hydroxyl groups is 1. The number of para-hydroxylation sites is 1. The molecule has 1 saturated carbocycles. The van der Waals surface area contributed by atoms with Crippen molar-refractivity contribution in [2.45, 2.75) is 31.8 Å². The lowest BCUT2D eigenvalue weighted by atomic mass is 9.86. The Bertz CT molecular complexity index is 771. The molecule has 1 aliphatic rings. The number of aromatic nitrogens is 2. The molecule has 2 N–H and O–H groups in total. The number of carbonyl (C=O) groups is 1. The van der Waals surface area contributed by atoms with Crippen molar-refractivity contribution in [1.82, 2.24) is 15.1 Å². The second-order valence-electron chi connectivity index (χ2n) is 6.24. The van der Waals surface area contributed by atoms with E-state index < -0.39 is 5.91 Å². The van der Waals surface area contributed by atoms with Crippen LogP contribution in [0.5, 0.6) is 0 Å². The van der Waals surface area contributed by atoms with E-state index in [2.05, 4.69) is 10.2 Å². The molecular weight excluding hydrogens is 294 g/mol. The number of amides is 1. The van der Waals surface area contributed by atoms with Gasteiger partial charge in [0, 0.05) is 24.9 Å². The molecule has 6 heteroatoms. The van der Waals surface area contributed by atoms with Crippen LogP contribution in [0, 0.1) is 5.92 Å². The average molecular weight is 315 g/mol. The molecule has 2 atom stereocenters. The standard InChI is InChI=1S/C17H21N3O3/c1-20(10-11-6-2-5-9-14(11)21)17(23)15-16(22)12-7-3-4-8-13(12)18-19-15/h3-4,7-8,11,14,21H,2,5-6,9-10H2,1H3,(H,18,22). The van der Waals surface area contributed by atoms with Crippen molar-refractivity contribution in [2.75, 3.05) is 13.6 Å². The van der Waals surface area contributed by atoms with Gasteiger partial charge in [-0.3, -0.25) is 14.7 Å². The lowest BCUT2D eigenvalue weighted by molar-refractivity contribution is 0.0447. The quantitative estimate of drug-likeness (QED) is 0.899. The van der Waals surface area contributed by atoms with Crippen LogP contribution in [0.4, 0.5) is 0 Å². The molecule has 0 spiro atoms. The highest BCUT2D eigenvalue weighted by molar-refractivity contribution is 5.95. The molecule has 0 bridgehead atoms. The van der Waals surface area contributed by atoms with E-state index in [0.29, 0.717) is 17.4 Å². The molecule has 6 nitrogen and oxygen atoms in total. The van der Waals surface area contributed by atoms with Gasteiger partial charge < -0.3 is 10.0 Å². The van der Waals surface area contributed by atoms with Crippen LogP contribution in [0.25, 0.3) is 10.9 Å². The molecule has 3 rings (SSSR count). The normalized spacial score (nSPS) is 21.3. The largest absolute Gasteiger partial charge is 0.393 e. The first-order chi connectivity index (χ1) is 11.1. The van der Waals surface area contributed by atoms with Crippen molar-refractivity contribution in [1.29, 1.82) is 0 Å². The summed E-state index contributed by atoms with van der Waals surface area (Å²) in [4.78, 5) is 26.5. The van der Waals surface area contributed by atoms with E-state index in [1.807, 2.05) is 0 Å². The number of H-pyrrole nitrogens is 1. The van der Waals surface area contributed by atoms with E-state index in [4.69, 9.17) is 0 Å². The second kappa shape index (κ2) is 6.50. The number of fused-ring (bicyclic) bond motifs is 1. The Kier molecular flexibility index (Phi) is 4.43. The number of benzene rings is 1. The number of nitrogens with zero attached hydrogens (tertiary/aromatic N) is 2. The Balaban J connectivity index is 1.82. The Morgan fingerprint density at radius 3 is 2.87 bits per heavy atom. The maximum absolute atomic E-state index is 12.6. The van der Waals surface area contributed by atoms with Crippen LogP contribution in [0.15, 0.2) is 29.1 Å². The fourth-order valence-corrected chi connectivity index (χ4v) is 3.23. The molecule has 1 aromatic heterocycles. The van der Waals surface area contributed by atoms with Crippen LogP contribution in [0.3, 0.4) is 0 Å². The van der Waals surface area contributed by atoms with Gasteiger partial charge in [-0.15, -0.1) is 0 Å². The average Bonchev–Trinajstić information content (AvgIpc) is 2.57. The molecule has 0 aliphatic heterocycles. The minimum Gasteiger partial charge on any atom is -0.393 e. The molecule has 2 unspecified atom stereocenters. The molecule has 2 aromatic rings. The Labute approximate surface area is 134 Å². The Morgan fingerprint density at radius 1 is 1.35 bits per heavy atom. The molecule has 122 valence electrons. The number of hydrogen-bond acceptors (Lipinski definition) is 4. The van der Waals surface area contributed by atoms with Crippen LogP contribution in [0.1, 0.15) is 36.2 Å². The first kappa shape index (κ1) is 15.7. The smallest absolute Gasteiger partial charge is 0.278 e. The van der Waals surface area contributed by atoms with E-state index in [0.717, 1.165) is 25.7 Å². The predicted octanol–water partition coefficient (Wildman–Crippen LogP) is 1.55. The summed E-state index contributed by atoms with van der Waals surface area (Å²) in [5, 5.41) is 17.2. The maximum Gasteiger partial charge on any atom is 0.278 e. The Morgan fingerprint density at radius 2 is 2.09 bits per heavy atom. The Hall–Kier alpha value is -2.21. The summed E-state index contributed by atoms with van der Waals surface area (Å²) in [6.07, 6.45) is 3.41. The zero-order valence-corrected chi connectivity index (χ0v) is 13.2. The lowest BCUT2D eigenvalue weighted by Crippen LogP contribution is -2.40. The SMILES string of the molecule is CN(CC1CCCCC1O)C(=O)c1n[nH]c2ccccc2c1=O. The van der Waals surface area contributed by atoms with E-state index in [-0.39, 0.29) is 23.1 Å². The van der Waals surface area contributed by atoms with Gasteiger partial charge >= 0.3 is 0 Å². The minimum absolute atomic E-state index is 0.0669. The zero-order valence-electron chi connectivity index (χ0n) is 13.2. The number of carbonyl (C=O) groups excluding carboxylic acids is 1. The topological polar surface area (TPSA) is 86.3 Å². The molecular formula is C17H21N3O3. The molecule has 1 fully saturated rings. The molecule has 1 aliphatic carbocycles. The summed E-state index contributed by atoms with van der Waals surface area (Å²) < 4.78 is 0. The molecule has 1 aromatic carbocycles. The third-order valence-corrected chi connectivity index (χ3v) is 4.60. The van der Waals surface area contributed by atoms with Gasteiger partial charge in [0.1, 0.15) is 0 Å². The number of aromatic amines is 1. The summed E-state index contributed by atoms with van der Waals surface area (Å²) in [5.74, 6) is -0.341. The van der Waals surface area contributed by atoms with Gasteiger partial charge in [-0.1, -0.05) is 25.0 Å². The van der Waals surface area contributed by atoms with Gasteiger partial charge in [-0.05, 0) is 25.0 Å². The number of hydrogen-bond donors (Lipinski definition) is 2. The van der Waals surface area contributed by atoms with Gasteiger partial charge in [0.2, 0.25) is 5.43 Å². The molecule has 0 radical (unpaired) electrons. The van der Waals surface area contributed by atoms with Gasteiger partial charge in [0.05, 0.1) is 11.6 Å². The van der Waals surface area contributed by atoms with E-state index in [1.54, 1.807) is 31.3 Å². The number of nitrogens with one attached hydrogen (secondary N) is 1. The summed E-state index contributed by atoms with van der Waals surface area (Å²) in [5.41, 5.74) is 0.149. The monoisotopic (exact) mass is 315 g/mol. The van der Waals surface area contributed by atoms with E-state index in [1.165, 1.54) is 4.90 Å². The third-order valence-electron chi connectivity index (χ3n) is 4.60. The maximum atomic E-state index is 12.6. The number of aliphatic hydroxyl groups excluding tert-OH is 1. The first-order valence-electron chi connectivity index (χ1n) is 7.99. The van der Waals surface area contributed by atoms with Crippen molar-refractivity contribution >= 4 is 16.8 Å². The molecule has 23 heavy (non-hydrogen) atoms. The molecule has 1 amide bonds. The van der Waals surface area contributed by atoms with Crippen molar-refractivity contribution in [3.05, 3.63) is 40.2 Å². The summed E-state index contributed by atoms with van der Waals surface area (Å²) in [7, 11) is 1.65. The molecule has 0 saturated heterocycles. The van der Waals surface area contributed by atoms with Gasteiger partial charge in [0.25, 0.3) is 5.91 Å². The minimum atomic E-state index is -0.408. The van der Waals surface area contributed by atoms with Gasteiger partial charge in [-0.25, -0.2) is 0 Å². The zero-order chi connectivity index (χ0) is 16.4. The lowest BCUT2D eigenvalue weighted by Gasteiger charge is -2.31. The molecule has 1 heterocycles. The highest BCUT2D eigenvalue weighted by atomic mass is 16.3. The van der Waals surface area contributed by atoms with Crippen LogP contribution in [0.2, 0.25) is 0 Å². The summed E-state index contributed by atoms with van der Waals surface area (Å²) in [6, 6.07) is 6.99. The van der Waals surface area contributed by atoms with Crippen molar-refractivity contribution in [2.24, 2.45) is 5.92 Å². The van der Waals surface area contributed by atoms with Crippen molar-refractivity contribution in [3.8, 4) is 0 Å². The number of rotatable bonds is 3. The van der Waals surface area contributed by atoms with E-state index >= 15 is 0 Å². The highest BCUT2D eigenvalue weighted by Gasteiger charge is 2.27. The fraction of sp³-hybridized carbons (Fsp3) is 0.471. The second-order valence-corrected chi connectivity index (χ2v) is 6.24. The van der Waals surface area contributed by atoms with Gasteiger partial charge in [-0.2, -0.15) is 5.10 Å². The van der Waals surface area contributed by atoms with Crippen molar-refractivity contribution < 1.29 is 9.90 Å². The van der Waals surface area contributed by atoms with Gasteiger partial charge in [0.15, 0.2) is 5.69 Å². The van der Waals surface area contributed by atoms with Crippen LogP contribution in [-0.2, 0) is 0 Å². The fourth-order valence-electron chi connectivity index (χ4n) is 3.23. The predicted molar refractivity (Wildman–Crippen MR) is 87.3 cm³/mol. The highest BCUT2D eigenvalue weighted by Crippen LogP contribution is 2.25. The first-order valence-corrected chi connectivity index (χ1v) is 7.99. The summed E-state index contributed by atoms with van der Waals surface area (Å²) in [6.45, 7) is 0.438. The van der Waals surface area contributed by atoms with Crippen molar-refractivity contribution in [3.63, 3.8) is 0 Å².